The normalized spacial score (nSPS) is 18.3. The number of rotatable bonds is 3. The SMILES string of the molecule is Cn1nnc(NC(=O)C2(C)CCCC2)c1C(F)F. The highest BCUT2D eigenvalue weighted by Gasteiger charge is 2.37. The fraction of sp³-hybridized carbons (Fsp3) is 0.727. The van der Waals surface area contributed by atoms with Gasteiger partial charge in [-0.25, -0.2) is 13.5 Å². The number of amides is 1. The largest absolute Gasteiger partial charge is 0.307 e. The summed E-state index contributed by atoms with van der Waals surface area (Å²) in [6.45, 7) is 1.85. The molecule has 1 saturated carbocycles. The molecule has 1 aliphatic rings. The van der Waals surface area contributed by atoms with Crippen LogP contribution in [0.15, 0.2) is 0 Å². The van der Waals surface area contributed by atoms with Gasteiger partial charge in [0, 0.05) is 12.5 Å². The first-order valence-electron chi connectivity index (χ1n) is 5.93. The summed E-state index contributed by atoms with van der Waals surface area (Å²) in [6.07, 6.45) is 0.835. The van der Waals surface area contributed by atoms with E-state index in [1.54, 1.807) is 0 Å². The zero-order valence-electron chi connectivity index (χ0n) is 10.4. The molecule has 18 heavy (non-hydrogen) atoms. The second-order valence-corrected chi connectivity index (χ2v) is 4.97. The van der Waals surface area contributed by atoms with Crippen molar-refractivity contribution in [3.8, 4) is 0 Å². The van der Waals surface area contributed by atoms with Gasteiger partial charge < -0.3 is 5.32 Å². The quantitative estimate of drug-likeness (QED) is 0.904. The van der Waals surface area contributed by atoms with Gasteiger partial charge in [-0.15, -0.1) is 5.10 Å². The first-order valence-corrected chi connectivity index (χ1v) is 5.93. The molecule has 0 saturated heterocycles. The Morgan fingerprint density at radius 1 is 1.44 bits per heavy atom. The minimum atomic E-state index is -2.71. The molecule has 0 radical (unpaired) electrons. The second-order valence-electron chi connectivity index (χ2n) is 4.97. The van der Waals surface area contributed by atoms with Crippen molar-refractivity contribution in [2.24, 2.45) is 12.5 Å². The van der Waals surface area contributed by atoms with E-state index in [0.717, 1.165) is 30.4 Å². The van der Waals surface area contributed by atoms with Gasteiger partial charge in [-0.1, -0.05) is 25.0 Å². The number of nitrogens with one attached hydrogen (secondary N) is 1. The summed E-state index contributed by atoms with van der Waals surface area (Å²) in [6, 6.07) is 0. The Morgan fingerprint density at radius 3 is 2.61 bits per heavy atom. The van der Waals surface area contributed by atoms with E-state index in [-0.39, 0.29) is 17.4 Å². The Bertz CT molecular complexity index is 452. The predicted octanol–water partition coefficient (Wildman–Crippen LogP) is 2.27. The Balaban J connectivity index is 2.17. The highest BCUT2D eigenvalue weighted by atomic mass is 19.3. The summed E-state index contributed by atoms with van der Waals surface area (Å²) >= 11 is 0. The molecule has 0 aromatic carbocycles. The summed E-state index contributed by atoms with van der Waals surface area (Å²) in [5.74, 6) is -0.381. The van der Waals surface area contributed by atoms with Crippen molar-refractivity contribution in [1.29, 1.82) is 0 Å². The number of hydrogen-bond acceptors (Lipinski definition) is 3. The molecule has 0 unspecified atom stereocenters. The fourth-order valence-electron chi connectivity index (χ4n) is 2.34. The van der Waals surface area contributed by atoms with Crippen LogP contribution in [0.4, 0.5) is 14.6 Å². The van der Waals surface area contributed by atoms with Crippen molar-refractivity contribution in [2.45, 2.75) is 39.0 Å². The molecule has 1 N–H and O–H groups in total. The van der Waals surface area contributed by atoms with Crippen molar-refractivity contribution in [2.75, 3.05) is 5.32 Å². The van der Waals surface area contributed by atoms with E-state index >= 15 is 0 Å². The Morgan fingerprint density at radius 2 is 2.06 bits per heavy atom. The number of carbonyl (C=O) groups excluding carboxylic acids is 1. The van der Waals surface area contributed by atoms with Crippen molar-refractivity contribution >= 4 is 11.7 Å². The van der Waals surface area contributed by atoms with Gasteiger partial charge >= 0.3 is 0 Å². The van der Waals surface area contributed by atoms with Crippen molar-refractivity contribution in [3.63, 3.8) is 0 Å². The molecule has 5 nitrogen and oxygen atoms in total. The van der Waals surface area contributed by atoms with Crippen LogP contribution in [0.2, 0.25) is 0 Å². The van der Waals surface area contributed by atoms with Crippen molar-refractivity contribution in [1.82, 2.24) is 15.0 Å². The van der Waals surface area contributed by atoms with Crippen LogP contribution in [0.25, 0.3) is 0 Å². The van der Waals surface area contributed by atoms with E-state index in [9.17, 15) is 13.6 Å². The van der Waals surface area contributed by atoms with Gasteiger partial charge in [-0.2, -0.15) is 0 Å². The lowest BCUT2D eigenvalue weighted by Gasteiger charge is -2.21. The number of aromatic nitrogens is 3. The van der Waals surface area contributed by atoms with Gasteiger partial charge in [0.15, 0.2) is 5.82 Å². The molecule has 0 bridgehead atoms. The molecule has 1 aromatic rings. The van der Waals surface area contributed by atoms with Crippen LogP contribution in [0.1, 0.15) is 44.7 Å². The number of anilines is 1. The van der Waals surface area contributed by atoms with Crippen molar-refractivity contribution < 1.29 is 13.6 Å². The van der Waals surface area contributed by atoms with Gasteiger partial charge in [-0.05, 0) is 12.8 Å². The number of halogens is 2. The third-order valence-corrected chi connectivity index (χ3v) is 3.56. The molecular formula is C11H16F2N4O. The van der Waals surface area contributed by atoms with E-state index < -0.39 is 11.8 Å². The van der Waals surface area contributed by atoms with Crippen LogP contribution in [0, 0.1) is 5.41 Å². The summed E-state index contributed by atoms with van der Waals surface area (Å²) < 4.78 is 26.6. The van der Waals surface area contributed by atoms with E-state index in [4.69, 9.17) is 0 Å². The summed E-state index contributed by atoms with van der Waals surface area (Å²) in [7, 11) is 1.38. The topological polar surface area (TPSA) is 59.8 Å². The maximum Gasteiger partial charge on any atom is 0.283 e. The second kappa shape index (κ2) is 4.62. The number of carbonyl (C=O) groups is 1. The van der Waals surface area contributed by atoms with E-state index in [1.807, 2.05) is 6.92 Å². The molecule has 7 heteroatoms. The summed E-state index contributed by atoms with van der Waals surface area (Å²) in [5, 5.41) is 9.57. The van der Waals surface area contributed by atoms with Crippen LogP contribution in [-0.4, -0.2) is 20.9 Å². The lowest BCUT2D eigenvalue weighted by Crippen LogP contribution is -2.31. The molecule has 1 fully saturated rings. The van der Waals surface area contributed by atoms with Gasteiger partial charge in [-0.3, -0.25) is 4.79 Å². The average Bonchev–Trinajstić information content (AvgIpc) is 2.86. The Labute approximate surface area is 104 Å². The van der Waals surface area contributed by atoms with Gasteiger partial charge in [0.2, 0.25) is 5.91 Å². The minimum Gasteiger partial charge on any atom is -0.307 e. The number of hydrogen-bond donors (Lipinski definition) is 1. The number of nitrogens with zero attached hydrogens (tertiary/aromatic N) is 3. The standard InChI is InChI=1S/C11H16F2N4O/c1-11(5-3-4-6-11)10(18)14-9-7(8(12)13)17(2)16-15-9/h8H,3-6H2,1-2H3,(H,14,18). The van der Waals surface area contributed by atoms with Gasteiger partial charge in [0.1, 0.15) is 5.69 Å². The fourth-order valence-corrected chi connectivity index (χ4v) is 2.34. The maximum absolute atomic E-state index is 12.8. The third-order valence-electron chi connectivity index (χ3n) is 3.56. The molecular weight excluding hydrogens is 242 g/mol. The maximum atomic E-state index is 12.8. The van der Waals surface area contributed by atoms with E-state index in [2.05, 4.69) is 15.6 Å². The van der Waals surface area contributed by atoms with Gasteiger partial charge in [0.25, 0.3) is 6.43 Å². The zero-order chi connectivity index (χ0) is 13.3. The molecule has 1 aliphatic carbocycles. The van der Waals surface area contributed by atoms with Crippen LogP contribution >= 0.6 is 0 Å². The molecule has 1 heterocycles. The monoisotopic (exact) mass is 258 g/mol. The molecule has 2 rings (SSSR count). The molecule has 0 spiro atoms. The molecule has 1 aromatic heterocycles. The predicted molar refractivity (Wildman–Crippen MR) is 61.2 cm³/mol. The van der Waals surface area contributed by atoms with Crippen LogP contribution in [-0.2, 0) is 11.8 Å². The highest BCUT2D eigenvalue weighted by Crippen LogP contribution is 2.38. The minimum absolute atomic E-state index is 0.134. The smallest absolute Gasteiger partial charge is 0.283 e. The van der Waals surface area contributed by atoms with Crippen LogP contribution in [0.5, 0.6) is 0 Å². The van der Waals surface area contributed by atoms with Gasteiger partial charge in [0.05, 0.1) is 0 Å². The first kappa shape index (κ1) is 12.9. The van der Waals surface area contributed by atoms with Crippen LogP contribution < -0.4 is 5.32 Å². The highest BCUT2D eigenvalue weighted by molar-refractivity contribution is 5.94. The van der Waals surface area contributed by atoms with Crippen LogP contribution in [0.3, 0.4) is 0 Å². The average molecular weight is 258 g/mol. The molecule has 0 atom stereocenters. The zero-order valence-corrected chi connectivity index (χ0v) is 10.4. The first-order chi connectivity index (χ1) is 8.44. The molecule has 100 valence electrons. The molecule has 1 amide bonds. The van der Waals surface area contributed by atoms with Crippen molar-refractivity contribution in [3.05, 3.63) is 5.69 Å². The summed E-state index contributed by atoms with van der Waals surface area (Å²) in [5.41, 5.74) is -0.832. The Hall–Kier alpha value is -1.53. The lowest BCUT2D eigenvalue weighted by atomic mass is 9.88. The number of alkyl halides is 2. The number of aryl methyl sites for hydroxylation is 1. The lowest BCUT2D eigenvalue weighted by molar-refractivity contribution is -0.124. The Kier molecular flexibility index (Phi) is 3.32. The van der Waals surface area contributed by atoms with E-state index in [1.165, 1.54) is 7.05 Å². The third kappa shape index (κ3) is 2.21. The van der Waals surface area contributed by atoms with E-state index in [0.29, 0.717) is 0 Å². The summed E-state index contributed by atoms with van der Waals surface area (Å²) in [4.78, 5) is 12.1. The molecule has 0 aliphatic heterocycles.